The number of rotatable bonds is 5. The predicted octanol–water partition coefficient (Wildman–Crippen LogP) is 1.48. The minimum atomic E-state index is -0.553. The fraction of sp³-hybridized carbons (Fsp3) is 0.333. The highest BCUT2D eigenvalue weighted by molar-refractivity contribution is 5.95. The van der Waals surface area contributed by atoms with Gasteiger partial charge in [0.15, 0.2) is 0 Å². The molecule has 7 heteroatoms. The smallest absolute Gasteiger partial charge is 0.254 e. The zero-order valence-corrected chi connectivity index (χ0v) is 16.2. The van der Waals surface area contributed by atoms with Crippen LogP contribution in [0.4, 0.5) is 5.69 Å². The number of nitrogens with one attached hydrogen (secondary N) is 1. The summed E-state index contributed by atoms with van der Waals surface area (Å²) >= 11 is 0. The van der Waals surface area contributed by atoms with E-state index in [2.05, 4.69) is 16.2 Å². The number of hydrogen-bond acceptors (Lipinski definition) is 4. The summed E-state index contributed by atoms with van der Waals surface area (Å²) in [4.78, 5) is 42.3. The van der Waals surface area contributed by atoms with Gasteiger partial charge in [-0.15, -0.1) is 6.42 Å². The summed E-state index contributed by atoms with van der Waals surface area (Å²) in [5.41, 5.74) is 1.84. The van der Waals surface area contributed by atoms with Gasteiger partial charge in [0.25, 0.3) is 5.56 Å². The molecule has 1 aliphatic carbocycles. The van der Waals surface area contributed by atoms with Crippen LogP contribution in [0, 0.1) is 19.3 Å². The van der Waals surface area contributed by atoms with E-state index in [9.17, 15) is 14.4 Å². The van der Waals surface area contributed by atoms with Crippen molar-refractivity contribution in [2.24, 2.45) is 0 Å². The number of amides is 2. The van der Waals surface area contributed by atoms with Crippen LogP contribution in [-0.4, -0.2) is 34.0 Å². The highest BCUT2D eigenvalue weighted by Crippen LogP contribution is 2.34. The Balaban J connectivity index is 1.87. The minimum Gasteiger partial charge on any atom is -0.338 e. The maximum absolute atomic E-state index is 12.5. The largest absolute Gasteiger partial charge is 0.338 e. The van der Waals surface area contributed by atoms with Gasteiger partial charge in [0, 0.05) is 25.6 Å². The van der Waals surface area contributed by atoms with E-state index in [0.717, 1.165) is 18.4 Å². The Labute approximate surface area is 163 Å². The topological polar surface area (TPSA) is 84.3 Å². The van der Waals surface area contributed by atoms with Gasteiger partial charge in [-0.25, -0.2) is 4.98 Å². The number of carbonyl (C=O) groups is 2. The van der Waals surface area contributed by atoms with Crippen molar-refractivity contribution in [3.63, 3.8) is 0 Å². The van der Waals surface area contributed by atoms with E-state index >= 15 is 0 Å². The highest BCUT2D eigenvalue weighted by atomic mass is 16.2. The van der Waals surface area contributed by atoms with Crippen LogP contribution in [0.5, 0.6) is 0 Å². The van der Waals surface area contributed by atoms with Gasteiger partial charge in [-0.1, -0.05) is 18.1 Å². The summed E-state index contributed by atoms with van der Waals surface area (Å²) in [6.45, 7) is 3.25. The van der Waals surface area contributed by atoms with Gasteiger partial charge in [-0.3, -0.25) is 19.0 Å². The van der Waals surface area contributed by atoms with E-state index in [1.165, 1.54) is 28.8 Å². The third kappa shape index (κ3) is 3.96. The molecule has 28 heavy (non-hydrogen) atoms. The molecular formula is C21H22N4O3. The quantitative estimate of drug-likeness (QED) is 0.799. The number of benzene rings is 1. The Morgan fingerprint density at radius 2 is 2.07 bits per heavy atom. The molecule has 0 aliphatic heterocycles. The van der Waals surface area contributed by atoms with Crippen molar-refractivity contribution in [1.82, 2.24) is 14.9 Å². The van der Waals surface area contributed by atoms with Crippen molar-refractivity contribution in [3.05, 3.63) is 46.5 Å². The Kier molecular flexibility index (Phi) is 5.06. The van der Waals surface area contributed by atoms with Gasteiger partial charge < -0.3 is 10.2 Å². The molecule has 0 atom stereocenters. The van der Waals surface area contributed by atoms with Gasteiger partial charge in [0.1, 0.15) is 12.1 Å². The minimum absolute atomic E-state index is 0.126. The molecule has 1 saturated carbocycles. The fourth-order valence-corrected chi connectivity index (χ4v) is 2.89. The van der Waals surface area contributed by atoms with Crippen LogP contribution in [0.2, 0.25) is 0 Å². The van der Waals surface area contributed by atoms with E-state index in [-0.39, 0.29) is 23.9 Å². The summed E-state index contributed by atoms with van der Waals surface area (Å²) in [5, 5.41) is 2.78. The molecule has 1 aromatic heterocycles. The van der Waals surface area contributed by atoms with Crippen molar-refractivity contribution < 1.29 is 9.59 Å². The van der Waals surface area contributed by atoms with Crippen LogP contribution in [0.15, 0.2) is 35.4 Å². The second kappa shape index (κ2) is 7.31. The molecule has 0 bridgehead atoms. The lowest BCUT2D eigenvalue weighted by Crippen LogP contribution is -2.39. The molecule has 0 spiro atoms. The molecule has 1 aromatic carbocycles. The normalized spacial score (nSPS) is 14.1. The maximum atomic E-state index is 12.5. The Hall–Kier alpha value is -3.40. The first-order valence-electron chi connectivity index (χ1n) is 8.95. The molecule has 0 radical (unpaired) electrons. The van der Waals surface area contributed by atoms with Crippen molar-refractivity contribution in [3.8, 4) is 23.6 Å². The van der Waals surface area contributed by atoms with E-state index in [1.54, 1.807) is 7.05 Å². The van der Waals surface area contributed by atoms with Crippen LogP contribution in [0.25, 0.3) is 11.3 Å². The SMILES string of the molecule is C#CC1(NC(=O)Cn2cnc(-c3ccc(C)cc3N(C)C(C)=O)cc2=O)CC1. The molecule has 0 unspecified atom stereocenters. The number of carbonyl (C=O) groups excluding carboxylic acids is 2. The van der Waals surface area contributed by atoms with Gasteiger partial charge in [0.05, 0.1) is 17.7 Å². The molecule has 1 heterocycles. The lowest BCUT2D eigenvalue weighted by Gasteiger charge is -2.19. The lowest BCUT2D eigenvalue weighted by molar-refractivity contribution is -0.122. The zero-order chi connectivity index (χ0) is 20.5. The summed E-state index contributed by atoms with van der Waals surface area (Å²) < 4.78 is 1.23. The van der Waals surface area contributed by atoms with E-state index in [4.69, 9.17) is 6.42 Å². The summed E-state index contributed by atoms with van der Waals surface area (Å²) in [6.07, 6.45) is 8.26. The zero-order valence-electron chi connectivity index (χ0n) is 16.2. The van der Waals surface area contributed by atoms with Gasteiger partial charge in [-0.05, 0) is 31.4 Å². The van der Waals surface area contributed by atoms with E-state index in [0.29, 0.717) is 16.9 Å². The van der Waals surface area contributed by atoms with Gasteiger partial charge >= 0.3 is 0 Å². The van der Waals surface area contributed by atoms with Gasteiger partial charge in [-0.2, -0.15) is 0 Å². The fourth-order valence-electron chi connectivity index (χ4n) is 2.89. The van der Waals surface area contributed by atoms with Gasteiger partial charge in [0.2, 0.25) is 11.8 Å². The van der Waals surface area contributed by atoms with E-state index < -0.39 is 5.54 Å². The molecule has 1 N–H and O–H groups in total. The first kappa shape index (κ1) is 19.4. The van der Waals surface area contributed by atoms with E-state index in [1.807, 2.05) is 25.1 Å². The number of terminal acetylenes is 1. The summed E-state index contributed by atoms with van der Waals surface area (Å²) in [6, 6.07) is 6.95. The molecule has 2 aromatic rings. The first-order chi connectivity index (χ1) is 13.2. The number of nitrogens with zero attached hydrogens (tertiary/aromatic N) is 3. The Morgan fingerprint density at radius 3 is 2.64 bits per heavy atom. The molecule has 0 saturated heterocycles. The second-order valence-electron chi connectivity index (χ2n) is 7.11. The molecule has 144 valence electrons. The van der Waals surface area contributed by atoms with Crippen LogP contribution in [0.3, 0.4) is 0 Å². The predicted molar refractivity (Wildman–Crippen MR) is 107 cm³/mol. The Bertz CT molecular complexity index is 1040. The first-order valence-corrected chi connectivity index (χ1v) is 8.95. The molecular weight excluding hydrogens is 356 g/mol. The second-order valence-corrected chi connectivity index (χ2v) is 7.11. The van der Waals surface area contributed by atoms with Crippen LogP contribution >= 0.6 is 0 Å². The molecule has 1 fully saturated rings. The van der Waals surface area contributed by atoms with Crippen LogP contribution < -0.4 is 15.8 Å². The average Bonchev–Trinajstić information content (AvgIpc) is 3.42. The third-order valence-electron chi connectivity index (χ3n) is 4.86. The number of anilines is 1. The molecule has 3 rings (SSSR count). The van der Waals surface area contributed by atoms with Crippen LogP contribution in [-0.2, 0) is 16.1 Å². The summed E-state index contributed by atoms with van der Waals surface area (Å²) in [7, 11) is 1.67. The number of aromatic nitrogens is 2. The van der Waals surface area contributed by atoms with Crippen molar-refractivity contribution >= 4 is 17.5 Å². The monoisotopic (exact) mass is 378 g/mol. The number of hydrogen-bond donors (Lipinski definition) is 1. The average molecular weight is 378 g/mol. The molecule has 7 nitrogen and oxygen atoms in total. The van der Waals surface area contributed by atoms with Crippen molar-refractivity contribution in [2.75, 3.05) is 11.9 Å². The highest BCUT2D eigenvalue weighted by Gasteiger charge is 2.42. The molecule has 2 amide bonds. The molecule has 1 aliphatic rings. The Morgan fingerprint density at radius 1 is 1.36 bits per heavy atom. The lowest BCUT2D eigenvalue weighted by atomic mass is 10.1. The standard InChI is InChI=1S/C21H22N4O3/c1-5-21(8-9-21)23-19(27)12-25-13-22-17(11-20(25)28)16-7-6-14(2)10-18(16)24(4)15(3)26/h1,6-7,10-11,13H,8-9,12H2,2-4H3,(H,23,27). The van der Waals surface area contributed by atoms with Crippen molar-refractivity contribution in [1.29, 1.82) is 0 Å². The maximum Gasteiger partial charge on any atom is 0.254 e. The van der Waals surface area contributed by atoms with Crippen LogP contribution in [0.1, 0.15) is 25.3 Å². The van der Waals surface area contributed by atoms with Crippen molar-refractivity contribution in [2.45, 2.75) is 38.8 Å². The number of aryl methyl sites for hydroxylation is 1. The third-order valence-corrected chi connectivity index (χ3v) is 4.86. The summed E-state index contributed by atoms with van der Waals surface area (Å²) in [5.74, 6) is 2.13.